The lowest BCUT2D eigenvalue weighted by Gasteiger charge is -2.35. The van der Waals surface area contributed by atoms with Crippen molar-refractivity contribution in [2.75, 3.05) is 37.6 Å². The Bertz CT molecular complexity index is 1430. The Kier molecular flexibility index (Phi) is 8.71. The fourth-order valence-corrected chi connectivity index (χ4v) is 5.26. The van der Waals surface area contributed by atoms with Gasteiger partial charge in [0.25, 0.3) is 0 Å². The van der Waals surface area contributed by atoms with Crippen LogP contribution < -0.4 is 15.5 Å². The number of anilines is 1. The molecular weight excluding hydrogens is 533 g/mol. The van der Waals surface area contributed by atoms with Gasteiger partial charge in [0.05, 0.1) is 16.6 Å². The van der Waals surface area contributed by atoms with Crippen molar-refractivity contribution in [1.82, 2.24) is 20.5 Å². The molecule has 0 radical (unpaired) electrons. The monoisotopic (exact) mass is 563 g/mol. The molecule has 2 heterocycles. The maximum Gasteiger partial charge on any atom is 0.243 e. The van der Waals surface area contributed by atoms with Crippen LogP contribution in [0.4, 0.5) is 5.69 Å². The summed E-state index contributed by atoms with van der Waals surface area (Å²) in [6, 6.07) is 22.7. The van der Waals surface area contributed by atoms with E-state index in [-0.39, 0.29) is 24.9 Å². The molecule has 0 saturated carbocycles. The van der Waals surface area contributed by atoms with Crippen molar-refractivity contribution in [3.05, 3.63) is 100 Å². The Hall–Kier alpha value is -3.52. The van der Waals surface area contributed by atoms with E-state index in [0.29, 0.717) is 16.5 Å². The fraction of sp³-hybridized carbons (Fsp3) is 0.267. The second-order valence-corrected chi connectivity index (χ2v) is 10.6. The van der Waals surface area contributed by atoms with E-state index in [0.717, 1.165) is 48.2 Å². The van der Waals surface area contributed by atoms with Crippen LogP contribution in [0.1, 0.15) is 11.1 Å². The van der Waals surface area contributed by atoms with E-state index < -0.39 is 6.04 Å². The van der Waals surface area contributed by atoms with E-state index in [1.165, 1.54) is 5.69 Å². The Morgan fingerprint density at radius 1 is 0.897 bits per heavy atom. The third kappa shape index (κ3) is 6.92. The number of aromatic amines is 1. The fourth-order valence-electron chi connectivity index (χ4n) is 4.94. The number of carbonyl (C=O) groups is 2. The molecule has 1 unspecified atom stereocenters. The predicted octanol–water partition coefficient (Wildman–Crippen LogP) is 4.64. The van der Waals surface area contributed by atoms with E-state index in [1.807, 2.05) is 54.7 Å². The summed E-state index contributed by atoms with van der Waals surface area (Å²) in [5, 5.41) is 7.88. The molecule has 1 aromatic heterocycles. The minimum Gasteiger partial charge on any atom is -0.369 e. The van der Waals surface area contributed by atoms with Gasteiger partial charge in [-0.3, -0.25) is 14.5 Å². The van der Waals surface area contributed by atoms with Crippen molar-refractivity contribution in [2.45, 2.75) is 19.0 Å². The summed E-state index contributed by atoms with van der Waals surface area (Å²) in [5.41, 5.74) is 3.98. The molecule has 3 aromatic carbocycles. The van der Waals surface area contributed by atoms with Crippen LogP contribution in [0.3, 0.4) is 0 Å². The van der Waals surface area contributed by atoms with Gasteiger partial charge in [0, 0.05) is 61.9 Å². The molecule has 2 amide bonds. The van der Waals surface area contributed by atoms with Crippen LogP contribution in [0.5, 0.6) is 0 Å². The van der Waals surface area contributed by atoms with Gasteiger partial charge in [0.15, 0.2) is 0 Å². The molecule has 4 aromatic rings. The maximum atomic E-state index is 13.3. The summed E-state index contributed by atoms with van der Waals surface area (Å²) in [4.78, 5) is 34.2. The van der Waals surface area contributed by atoms with E-state index in [9.17, 15) is 9.59 Å². The lowest BCUT2D eigenvalue weighted by Crippen LogP contribution is -2.53. The lowest BCUT2D eigenvalue weighted by atomic mass is 10.0. The van der Waals surface area contributed by atoms with Crippen molar-refractivity contribution < 1.29 is 9.59 Å². The second kappa shape index (κ2) is 12.6. The number of hydrogen-bond acceptors (Lipinski definition) is 4. The average Bonchev–Trinajstić information content (AvgIpc) is 3.37. The molecule has 1 aliphatic heterocycles. The zero-order chi connectivity index (χ0) is 27.2. The van der Waals surface area contributed by atoms with Crippen molar-refractivity contribution in [2.24, 2.45) is 0 Å². The van der Waals surface area contributed by atoms with Crippen LogP contribution in [0, 0.1) is 0 Å². The van der Waals surface area contributed by atoms with Gasteiger partial charge in [-0.15, -0.1) is 0 Å². The Morgan fingerprint density at radius 2 is 1.64 bits per heavy atom. The number of piperazine rings is 1. The van der Waals surface area contributed by atoms with Crippen LogP contribution in [0.2, 0.25) is 10.0 Å². The number of aromatic nitrogens is 1. The zero-order valence-corrected chi connectivity index (χ0v) is 23.0. The molecule has 39 heavy (non-hydrogen) atoms. The quantitative estimate of drug-likeness (QED) is 0.277. The number of para-hydroxylation sites is 2. The summed E-state index contributed by atoms with van der Waals surface area (Å²) in [5.74, 6) is -0.425. The molecule has 1 atom stereocenters. The number of hydrogen-bond donors (Lipinski definition) is 3. The van der Waals surface area contributed by atoms with Gasteiger partial charge in [-0.2, -0.15) is 0 Å². The van der Waals surface area contributed by atoms with Gasteiger partial charge in [0.2, 0.25) is 11.8 Å². The first-order valence-electron chi connectivity index (χ1n) is 13.0. The van der Waals surface area contributed by atoms with Crippen molar-refractivity contribution in [3.63, 3.8) is 0 Å². The van der Waals surface area contributed by atoms with Crippen molar-refractivity contribution in [3.8, 4) is 0 Å². The predicted molar refractivity (Wildman–Crippen MR) is 157 cm³/mol. The number of nitrogens with one attached hydrogen (secondary N) is 3. The maximum absolute atomic E-state index is 13.3. The first-order chi connectivity index (χ1) is 19.0. The number of amides is 2. The van der Waals surface area contributed by atoms with Crippen LogP contribution in [-0.4, -0.2) is 60.5 Å². The number of rotatable bonds is 9. The highest BCUT2D eigenvalue weighted by atomic mass is 35.5. The number of nitrogens with zero attached hydrogens (tertiary/aromatic N) is 2. The van der Waals surface area contributed by atoms with Gasteiger partial charge in [-0.1, -0.05) is 65.7 Å². The highest BCUT2D eigenvalue weighted by molar-refractivity contribution is 6.42. The summed E-state index contributed by atoms with van der Waals surface area (Å²) < 4.78 is 0. The summed E-state index contributed by atoms with van der Waals surface area (Å²) in [6.07, 6.45) is 2.27. The molecule has 0 spiro atoms. The third-order valence-corrected chi connectivity index (χ3v) is 7.80. The Balaban J connectivity index is 1.23. The largest absolute Gasteiger partial charge is 0.369 e. The lowest BCUT2D eigenvalue weighted by molar-refractivity contribution is -0.129. The first kappa shape index (κ1) is 27.1. The van der Waals surface area contributed by atoms with Gasteiger partial charge in [0.1, 0.15) is 6.04 Å². The SMILES string of the molecule is O=C(CN1CCN(c2ccccc2)CC1)NC(Cc1c[nH]c2ccccc12)C(=O)NCc1ccc(Cl)c(Cl)c1. The number of carbonyl (C=O) groups excluding carboxylic acids is 2. The minimum atomic E-state index is -0.731. The van der Waals surface area contributed by atoms with Gasteiger partial charge in [-0.05, 0) is 41.5 Å². The number of H-pyrrole nitrogens is 1. The average molecular weight is 565 g/mol. The van der Waals surface area contributed by atoms with Crippen LogP contribution >= 0.6 is 23.2 Å². The smallest absolute Gasteiger partial charge is 0.243 e. The molecular formula is C30H31Cl2N5O2. The van der Waals surface area contributed by atoms with Gasteiger partial charge >= 0.3 is 0 Å². The molecule has 1 fully saturated rings. The van der Waals surface area contributed by atoms with Crippen LogP contribution in [0.25, 0.3) is 10.9 Å². The molecule has 1 aliphatic rings. The van der Waals surface area contributed by atoms with Crippen molar-refractivity contribution >= 4 is 51.6 Å². The van der Waals surface area contributed by atoms with E-state index in [2.05, 4.69) is 37.6 Å². The van der Waals surface area contributed by atoms with Crippen molar-refractivity contribution in [1.29, 1.82) is 0 Å². The first-order valence-corrected chi connectivity index (χ1v) is 13.8. The van der Waals surface area contributed by atoms with Crippen LogP contribution in [-0.2, 0) is 22.6 Å². The van der Waals surface area contributed by atoms with E-state index in [1.54, 1.807) is 12.1 Å². The standard InChI is InChI=1S/C30H31Cl2N5O2/c31-25-11-10-21(16-26(25)32)18-34-30(39)28(17-22-19-33-27-9-5-4-8-24(22)27)35-29(38)20-36-12-14-37(15-13-36)23-6-2-1-3-7-23/h1-11,16,19,28,33H,12-15,17-18,20H2,(H,34,39)(H,35,38). The highest BCUT2D eigenvalue weighted by Crippen LogP contribution is 2.23. The second-order valence-electron chi connectivity index (χ2n) is 9.75. The minimum absolute atomic E-state index is 0.169. The normalized spacial score (nSPS) is 14.8. The summed E-state index contributed by atoms with van der Waals surface area (Å²) >= 11 is 12.2. The molecule has 0 aliphatic carbocycles. The number of fused-ring (bicyclic) bond motifs is 1. The number of benzene rings is 3. The van der Waals surface area contributed by atoms with Gasteiger partial charge < -0.3 is 20.5 Å². The molecule has 5 rings (SSSR count). The van der Waals surface area contributed by atoms with E-state index >= 15 is 0 Å². The summed E-state index contributed by atoms with van der Waals surface area (Å²) in [6.45, 7) is 3.77. The zero-order valence-electron chi connectivity index (χ0n) is 21.5. The molecule has 202 valence electrons. The Morgan fingerprint density at radius 3 is 2.41 bits per heavy atom. The molecule has 0 bridgehead atoms. The van der Waals surface area contributed by atoms with Crippen LogP contribution in [0.15, 0.2) is 79.0 Å². The highest BCUT2D eigenvalue weighted by Gasteiger charge is 2.25. The third-order valence-electron chi connectivity index (χ3n) is 7.06. The molecule has 3 N–H and O–H groups in total. The molecule has 7 nitrogen and oxygen atoms in total. The Labute approximate surface area is 238 Å². The molecule has 1 saturated heterocycles. The van der Waals surface area contributed by atoms with Gasteiger partial charge in [-0.25, -0.2) is 0 Å². The number of halogens is 2. The van der Waals surface area contributed by atoms with E-state index in [4.69, 9.17) is 23.2 Å². The topological polar surface area (TPSA) is 80.5 Å². The summed E-state index contributed by atoms with van der Waals surface area (Å²) in [7, 11) is 0. The molecule has 9 heteroatoms.